The summed E-state index contributed by atoms with van der Waals surface area (Å²) in [6, 6.07) is 1.80. The molecular formula is C24H22F6N5O5PS2. The molecule has 1 aromatic carbocycles. The molecule has 1 N–H and O–H groups in total. The van der Waals surface area contributed by atoms with Gasteiger partial charge in [-0.15, -0.1) is 0 Å². The molecule has 3 heterocycles. The van der Waals surface area contributed by atoms with Crippen molar-refractivity contribution in [3.63, 3.8) is 0 Å². The molecular weight excluding hydrogens is 647 g/mol. The minimum Gasteiger partial charge on any atom is -0.339 e. The summed E-state index contributed by atoms with van der Waals surface area (Å²) >= 11 is 0.403. The Kier molecular flexibility index (Phi) is 9.85. The fourth-order valence-corrected chi connectivity index (χ4v) is 7.47. The van der Waals surface area contributed by atoms with Crippen molar-refractivity contribution < 1.29 is 49.0 Å². The second-order valence-electron chi connectivity index (χ2n) is 9.33. The lowest BCUT2D eigenvalue weighted by Gasteiger charge is -2.31. The Balaban J connectivity index is 1.67. The van der Waals surface area contributed by atoms with Crippen LogP contribution < -0.4 is 0 Å². The van der Waals surface area contributed by atoms with Crippen LogP contribution in [0.3, 0.4) is 0 Å². The van der Waals surface area contributed by atoms with Crippen molar-refractivity contribution in [2.45, 2.75) is 49.2 Å². The van der Waals surface area contributed by atoms with Crippen molar-refractivity contribution in [1.82, 2.24) is 24.2 Å². The van der Waals surface area contributed by atoms with Crippen LogP contribution in [-0.4, -0.2) is 67.5 Å². The van der Waals surface area contributed by atoms with Crippen molar-refractivity contribution in [3.05, 3.63) is 71.9 Å². The molecule has 0 saturated carbocycles. The van der Waals surface area contributed by atoms with Crippen LogP contribution in [0.4, 0.5) is 26.3 Å². The lowest BCUT2D eigenvalue weighted by atomic mass is 10.1. The van der Waals surface area contributed by atoms with Gasteiger partial charge in [-0.3, -0.25) is 14.3 Å². The Hall–Kier alpha value is -3.05. The van der Waals surface area contributed by atoms with Gasteiger partial charge in [0.25, 0.3) is 0 Å². The number of hydrogen-bond donors (Lipinski definition) is 1. The van der Waals surface area contributed by atoms with Gasteiger partial charge in [-0.25, -0.2) is 31.6 Å². The Labute approximate surface area is 245 Å². The molecule has 232 valence electrons. The van der Waals surface area contributed by atoms with Crippen molar-refractivity contribution >= 4 is 34.5 Å². The van der Waals surface area contributed by atoms with E-state index in [4.69, 9.17) is 0 Å². The van der Waals surface area contributed by atoms with Crippen molar-refractivity contribution in [2.75, 3.05) is 5.88 Å². The lowest BCUT2D eigenvalue weighted by Crippen LogP contribution is -2.49. The highest BCUT2D eigenvalue weighted by atomic mass is 32.7. The Morgan fingerprint density at radius 1 is 1.14 bits per heavy atom. The van der Waals surface area contributed by atoms with Crippen molar-refractivity contribution in [2.24, 2.45) is 0 Å². The smallest absolute Gasteiger partial charge is 0.339 e. The number of hydrogen-bond acceptors (Lipinski definition) is 8. The van der Waals surface area contributed by atoms with Crippen molar-refractivity contribution in [1.29, 1.82) is 0 Å². The fraction of sp³-hybridized carbons (Fsp3) is 0.333. The number of pyridine rings is 1. The topological polar surface area (TPSA) is 134 Å². The van der Waals surface area contributed by atoms with Crippen LogP contribution in [0.5, 0.6) is 0 Å². The third kappa shape index (κ3) is 7.37. The van der Waals surface area contributed by atoms with Gasteiger partial charge in [-0.05, 0) is 37.3 Å². The normalized spacial score (nSPS) is 20.2. The minimum atomic E-state index is -4.80. The van der Waals surface area contributed by atoms with Crippen LogP contribution in [0.2, 0.25) is 0 Å². The van der Waals surface area contributed by atoms with Crippen LogP contribution >= 0.6 is 18.6 Å². The Bertz CT molecular complexity index is 1620. The predicted octanol–water partition coefficient (Wildman–Crippen LogP) is 4.43. The molecule has 0 radical (unpaired) electrons. The average Bonchev–Trinajstić information content (AvgIpc) is 3.25. The molecule has 1 aliphatic rings. The summed E-state index contributed by atoms with van der Waals surface area (Å²) in [7, 11) is -7.79. The summed E-state index contributed by atoms with van der Waals surface area (Å²) in [6.07, 6.45) is -4.82. The SMILES string of the molecule is C[C@H]1[C@H](F)C[C@@H](C(=O)N(CS[PH](=O)O)Cc2cc(-c3cnc(C(F)(F)F)nc3)ncc2F)N1S(=O)(=O)c1ccc(F)cc1. The maximum atomic E-state index is 14.9. The standard InChI is InChI=1S/C24H22F6N5O5PS2/c1-13-18(26)7-21(35(13)43(39,40)17-4-2-16(25)3-5-17)22(36)34(12-42-41(37)38)11-14-6-20(31-10-19(14)27)15-8-32-23(33-9-15)24(28,29)30/h2-6,8-10,13,18,21,41H,7,11-12H2,1H3,(H,37,38)/t13-,18+,21-/m0/s1. The van der Waals surface area contributed by atoms with Crippen molar-refractivity contribution in [3.8, 4) is 11.3 Å². The molecule has 2 aromatic heterocycles. The van der Waals surface area contributed by atoms with Gasteiger partial charge in [0, 0.05) is 36.5 Å². The van der Waals surface area contributed by atoms with Crippen LogP contribution in [0.15, 0.2) is 53.8 Å². The van der Waals surface area contributed by atoms with Gasteiger partial charge in [0.05, 0.1) is 28.7 Å². The summed E-state index contributed by atoms with van der Waals surface area (Å²) in [4.78, 5) is 33.8. The zero-order chi connectivity index (χ0) is 31.7. The summed E-state index contributed by atoms with van der Waals surface area (Å²) in [6.45, 7) is 0.627. The van der Waals surface area contributed by atoms with Gasteiger partial charge in [0.1, 0.15) is 23.8 Å². The third-order valence-electron chi connectivity index (χ3n) is 6.51. The molecule has 1 saturated heterocycles. The molecule has 1 aliphatic heterocycles. The molecule has 0 spiro atoms. The van der Waals surface area contributed by atoms with Crippen LogP contribution in [0.25, 0.3) is 11.3 Å². The fourth-order valence-electron chi connectivity index (χ4n) is 4.38. The molecule has 10 nitrogen and oxygen atoms in total. The molecule has 43 heavy (non-hydrogen) atoms. The summed E-state index contributed by atoms with van der Waals surface area (Å²) < 4.78 is 121. The highest BCUT2D eigenvalue weighted by Crippen LogP contribution is 2.37. The minimum absolute atomic E-state index is 0.0247. The van der Waals surface area contributed by atoms with E-state index >= 15 is 0 Å². The number of carbonyl (C=O) groups excluding carboxylic acids is 1. The zero-order valence-electron chi connectivity index (χ0n) is 21.9. The Morgan fingerprint density at radius 3 is 2.35 bits per heavy atom. The van der Waals surface area contributed by atoms with Gasteiger partial charge in [-0.1, -0.05) is 11.4 Å². The van der Waals surface area contributed by atoms with E-state index in [-0.39, 0.29) is 16.8 Å². The summed E-state index contributed by atoms with van der Waals surface area (Å²) in [5, 5.41) is 0. The average molecular weight is 670 g/mol. The van der Waals surface area contributed by atoms with E-state index in [1.165, 1.54) is 6.92 Å². The second kappa shape index (κ2) is 12.9. The van der Waals surface area contributed by atoms with Gasteiger partial charge in [-0.2, -0.15) is 17.5 Å². The van der Waals surface area contributed by atoms with E-state index in [0.717, 1.165) is 53.8 Å². The second-order valence-corrected chi connectivity index (χ2v) is 14.2. The molecule has 3 aromatic rings. The number of rotatable bonds is 9. The quantitative estimate of drug-likeness (QED) is 0.200. The molecule has 0 aliphatic carbocycles. The maximum absolute atomic E-state index is 14.9. The first kappa shape index (κ1) is 32.9. The molecule has 4 rings (SSSR count). The van der Waals surface area contributed by atoms with E-state index in [2.05, 4.69) is 15.0 Å². The molecule has 1 fully saturated rings. The van der Waals surface area contributed by atoms with Crippen LogP contribution in [-0.2, 0) is 32.1 Å². The lowest BCUT2D eigenvalue weighted by molar-refractivity contribution is -0.145. The van der Waals surface area contributed by atoms with Gasteiger partial charge < -0.3 is 9.79 Å². The number of nitrogens with zero attached hydrogens (tertiary/aromatic N) is 5. The molecule has 1 amide bonds. The Morgan fingerprint density at radius 2 is 1.77 bits per heavy atom. The highest BCUT2D eigenvalue weighted by Gasteiger charge is 2.50. The first-order chi connectivity index (χ1) is 20.1. The van der Waals surface area contributed by atoms with Crippen LogP contribution in [0, 0.1) is 11.6 Å². The molecule has 4 atom stereocenters. The number of halogens is 6. The zero-order valence-corrected chi connectivity index (χ0v) is 24.5. The number of aromatic nitrogens is 3. The van der Waals surface area contributed by atoms with E-state index in [1.54, 1.807) is 0 Å². The highest BCUT2D eigenvalue weighted by molar-refractivity contribution is 8.50. The first-order valence-corrected chi connectivity index (χ1v) is 16.7. The molecule has 0 bridgehead atoms. The van der Waals surface area contributed by atoms with E-state index in [0.29, 0.717) is 15.7 Å². The number of amides is 1. The largest absolute Gasteiger partial charge is 0.451 e. The van der Waals surface area contributed by atoms with E-state index in [9.17, 15) is 49.0 Å². The van der Waals surface area contributed by atoms with Gasteiger partial charge in [0.2, 0.25) is 29.0 Å². The maximum Gasteiger partial charge on any atom is 0.451 e. The number of sulfonamides is 1. The number of benzene rings is 1. The van der Waals surface area contributed by atoms with E-state index in [1.807, 2.05) is 0 Å². The van der Waals surface area contributed by atoms with Gasteiger partial charge in [0.15, 0.2) is 0 Å². The molecule has 1 unspecified atom stereocenters. The first-order valence-electron chi connectivity index (χ1n) is 12.2. The summed E-state index contributed by atoms with van der Waals surface area (Å²) in [5.74, 6) is -4.64. The monoisotopic (exact) mass is 669 g/mol. The van der Waals surface area contributed by atoms with Crippen LogP contribution in [0.1, 0.15) is 24.7 Å². The third-order valence-corrected chi connectivity index (χ3v) is 10.3. The predicted molar refractivity (Wildman–Crippen MR) is 143 cm³/mol. The molecule has 19 heteroatoms. The van der Waals surface area contributed by atoms with E-state index < -0.39 is 88.8 Å². The number of alkyl halides is 4. The number of carbonyl (C=O) groups is 1. The summed E-state index contributed by atoms with van der Waals surface area (Å²) in [5.41, 5.74) is -0.338. The van der Waals surface area contributed by atoms with Gasteiger partial charge >= 0.3 is 6.18 Å².